The van der Waals surface area contributed by atoms with E-state index in [2.05, 4.69) is 15.4 Å². The Bertz CT molecular complexity index is 930. The van der Waals surface area contributed by atoms with Crippen LogP contribution in [0.4, 0.5) is 33.7 Å². The van der Waals surface area contributed by atoms with Crippen molar-refractivity contribution in [3.05, 3.63) is 64.4 Å². The predicted molar refractivity (Wildman–Crippen MR) is 96.5 cm³/mol. The lowest BCUT2D eigenvalue weighted by atomic mass is 10.1. The van der Waals surface area contributed by atoms with Crippen LogP contribution in [0.1, 0.15) is 11.1 Å². The highest BCUT2D eigenvalue weighted by molar-refractivity contribution is 6.31. The van der Waals surface area contributed by atoms with Crippen LogP contribution in [-0.4, -0.2) is 19.1 Å². The third-order valence-corrected chi connectivity index (χ3v) is 3.71. The summed E-state index contributed by atoms with van der Waals surface area (Å²) in [5.74, 6) is -1.43. The summed E-state index contributed by atoms with van der Waals surface area (Å²) >= 11 is 5.53. The molecule has 2 N–H and O–H groups in total. The lowest BCUT2D eigenvalue weighted by molar-refractivity contribution is -0.137. The number of benzene rings is 2. The van der Waals surface area contributed by atoms with Gasteiger partial charge in [-0.15, -0.1) is 0 Å². The average molecular weight is 417 g/mol. The molecule has 2 aromatic carbocycles. The van der Waals surface area contributed by atoms with Gasteiger partial charge in [0.15, 0.2) is 0 Å². The maximum absolute atomic E-state index is 13.6. The Labute approximate surface area is 161 Å². The van der Waals surface area contributed by atoms with Crippen molar-refractivity contribution in [2.45, 2.75) is 6.18 Å². The molecule has 10 heteroatoms. The minimum absolute atomic E-state index is 0.110. The first-order valence-electron chi connectivity index (χ1n) is 7.60. The maximum Gasteiger partial charge on any atom is 0.417 e. The van der Waals surface area contributed by atoms with Gasteiger partial charge >= 0.3 is 12.3 Å². The van der Waals surface area contributed by atoms with Gasteiger partial charge < -0.3 is 10.1 Å². The van der Waals surface area contributed by atoms with Crippen LogP contribution in [0.2, 0.25) is 5.02 Å². The Kier molecular flexibility index (Phi) is 6.63. The van der Waals surface area contributed by atoms with Crippen LogP contribution in [0.3, 0.4) is 0 Å². The van der Waals surface area contributed by atoms with Crippen LogP contribution in [0, 0.1) is 5.82 Å². The van der Waals surface area contributed by atoms with Gasteiger partial charge in [-0.2, -0.15) is 13.2 Å². The van der Waals surface area contributed by atoms with Crippen LogP contribution in [0.5, 0.6) is 0 Å². The third kappa shape index (κ3) is 5.71. The van der Waals surface area contributed by atoms with Crippen molar-refractivity contribution in [3.8, 4) is 0 Å². The highest BCUT2D eigenvalue weighted by atomic mass is 35.5. The van der Waals surface area contributed by atoms with E-state index < -0.39 is 34.6 Å². The first-order chi connectivity index (χ1) is 13.1. The van der Waals surface area contributed by atoms with E-state index in [1.165, 1.54) is 12.1 Å². The fourth-order valence-electron chi connectivity index (χ4n) is 2.08. The first kappa shape index (κ1) is 21.2. The minimum atomic E-state index is -4.62. The van der Waals surface area contributed by atoms with Crippen LogP contribution in [0.25, 0.3) is 6.08 Å². The number of hydrogen-bond donors (Lipinski definition) is 2. The van der Waals surface area contributed by atoms with Crippen molar-refractivity contribution in [3.63, 3.8) is 0 Å². The molecule has 0 spiro atoms. The SMILES string of the molecule is COC(=O)Nc1cc(NC(=O)C=Cc2ccc(Cl)c(C(F)(F)F)c2)ccc1F. The molecule has 2 amide bonds. The second kappa shape index (κ2) is 8.75. The number of hydrogen-bond acceptors (Lipinski definition) is 3. The van der Waals surface area contributed by atoms with Gasteiger partial charge in [-0.1, -0.05) is 17.7 Å². The smallest absolute Gasteiger partial charge is 0.417 e. The summed E-state index contributed by atoms with van der Waals surface area (Å²) in [6, 6.07) is 6.61. The van der Waals surface area contributed by atoms with Gasteiger partial charge in [0, 0.05) is 11.8 Å². The molecule has 0 saturated carbocycles. The van der Waals surface area contributed by atoms with Crippen LogP contribution in [-0.2, 0) is 15.7 Å². The van der Waals surface area contributed by atoms with Crippen molar-refractivity contribution < 1.29 is 31.9 Å². The second-order valence-corrected chi connectivity index (χ2v) is 5.78. The largest absolute Gasteiger partial charge is 0.453 e. The quantitative estimate of drug-likeness (QED) is 0.523. The molecule has 0 fully saturated rings. The molecule has 0 heterocycles. The van der Waals surface area contributed by atoms with Crippen LogP contribution in [0.15, 0.2) is 42.5 Å². The van der Waals surface area contributed by atoms with E-state index in [1.54, 1.807) is 0 Å². The molecule has 0 aliphatic heterocycles. The molecule has 2 rings (SSSR count). The molecule has 5 nitrogen and oxygen atoms in total. The van der Waals surface area contributed by atoms with E-state index in [4.69, 9.17) is 11.6 Å². The number of halogens is 5. The van der Waals surface area contributed by atoms with E-state index >= 15 is 0 Å². The number of amides is 2. The summed E-state index contributed by atoms with van der Waals surface area (Å²) in [5, 5.41) is 4.07. The molecule has 0 aromatic heterocycles. The van der Waals surface area contributed by atoms with Gasteiger partial charge in [0.25, 0.3) is 0 Å². The molecule has 28 heavy (non-hydrogen) atoms. The van der Waals surface area contributed by atoms with E-state index in [9.17, 15) is 27.2 Å². The number of rotatable bonds is 4. The van der Waals surface area contributed by atoms with E-state index in [0.717, 1.165) is 43.5 Å². The molecule has 0 bridgehead atoms. The number of carbonyl (C=O) groups is 2. The molecular weight excluding hydrogens is 404 g/mol. The molecule has 2 aromatic rings. The molecule has 148 valence electrons. The molecule has 0 saturated heterocycles. The highest BCUT2D eigenvalue weighted by Gasteiger charge is 2.33. The number of alkyl halides is 3. The lowest BCUT2D eigenvalue weighted by Gasteiger charge is -2.09. The zero-order valence-electron chi connectivity index (χ0n) is 14.2. The normalized spacial score (nSPS) is 11.4. The number of methoxy groups -OCH3 is 1. The van der Waals surface area contributed by atoms with Gasteiger partial charge in [-0.25, -0.2) is 9.18 Å². The van der Waals surface area contributed by atoms with Crippen LogP contribution >= 0.6 is 11.6 Å². The minimum Gasteiger partial charge on any atom is -0.453 e. The van der Waals surface area contributed by atoms with Crippen molar-refractivity contribution in [1.29, 1.82) is 0 Å². The van der Waals surface area contributed by atoms with Crippen molar-refractivity contribution >= 4 is 41.1 Å². The third-order valence-electron chi connectivity index (χ3n) is 3.38. The van der Waals surface area contributed by atoms with E-state index in [1.807, 2.05) is 0 Å². The predicted octanol–water partition coefficient (Wildman–Crippen LogP) is 5.33. The Morgan fingerprint density at radius 1 is 1.11 bits per heavy atom. The molecule has 0 aliphatic carbocycles. The molecule has 0 unspecified atom stereocenters. The Morgan fingerprint density at radius 2 is 1.82 bits per heavy atom. The van der Waals surface area contributed by atoms with E-state index in [0.29, 0.717) is 0 Å². The van der Waals surface area contributed by atoms with Gasteiger partial charge in [0.05, 0.1) is 23.4 Å². The van der Waals surface area contributed by atoms with Gasteiger partial charge in [0.2, 0.25) is 5.91 Å². The van der Waals surface area contributed by atoms with Crippen molar-refractivity contribution in [1.82, 2.24) is 0 Å². The average Bonchev–Trinajstić information content (AvgIpc) is 2.62. The van der Waals surface area contributed by atoms with Crippen molar-refractivity contribution in [2.24, 2.45) is 0 Å². The standard InChI is InChI=1S/C18H13ClF4N2O3/c1-28-17(27)25-15-9-11(4-6-14(15)20)24-16(26)7-3-10-2-5-13(19)12(8-10)18(21,22)23/h2-9H,1H3,(H,24,26)(H,25,27). The lowest BCUT2D eigenvalue weighted by Crippen LogP contribution is -2.13. The molecule has 0 radical (unpaired) electrons. The summed E-state index contributed by atoms with van der Waals surface area (Å²) in [6.07, 6.45) is -3.36. The molecule has 0 atom stereocenters. The highest BCUT2D eigenvalue weighted by Crippen LogP contribution is 2.35. The first-order valence-corrected chi connectivity index (χ1v) is 7.98. The topological polar surface area (TPSA) is 67.4 Å². The van der Waals surface area contributed by atoms with Gasteiger partial charge in [0.1, 0.15) is 5.82 Å². The Hall–Kier alpha value is -3.07. The summed E-state index contributed by atoms with van der Waals surface area (Å²) in [7, 11) is 1.10. The zero-order chi connectivity index (χ0) is 20.9. The Morgan fingerprint density at radius 3 is 2.46 bits per heavy atom. The number of ether oxygens (including phenoxy) is 1. The molecule has 0 aliphatic rings. The summed E-state index contributed by atoms with van der Waals surface area (Å²) < 4.78 is 56.5. The van der Waals surface area contributed by atoms with Crippen LogP contribution < -0.4 is 10.6 Å². The maximum atomic E-state index is 13.6. The fourth-order valence-corrected chi connectivity index (χ4v) is 2.30. The van der Waals surface area contributed by atoms with E-state index in [-0.39, 0.29) is 16.9 Å². The van der Waals surface area contributed by atoms with Gasteiger partial charge in [-0.3, -0.25) is 10.1 Å². The summed E-state index contributed by atoms with van der Waals surface area (Å²) in [4.78, 5) is 23.1. The molecular formula is C18H13ClF4N2O3. The number of anilines is 2. The van der Waals surface area contributed by atoms with Gasteiger partial charge in [-0.05, 0) is 42.0 Å². The summed E-state index contributed by atoms with van der Waals surface area (Å²) in [6.45, 7) is 0. The number of carbonyl (C=O) groups excluding carboxylic acids is 2. The number of nitrogens with one attached hydrogen (secondary N) is 2. The monoisotopic (exact) mass is 416 g/mol. The second-order valence-electron chi connectivity index (χ2n) is 5.37. The summed E-state index contributed by atoms with van der Waals surface area (Å²) in [5.41, 5.74) is -0.983. The van der Waals surface area contributed by atoms with Crippen molar-refractivity contribution in [2.75, 3.05) is 17.7 Å². The zero-order valence-corrected chi connectivity index (χ0v) is 15.0. The Balaban J connectivity index is 2.12. The fraction of sp³-hybridized carbons (Fsp3) is 0.111.